The van der Waals surface area contributed by atoms with Crippen LogP contribution in [0.25, 0.3) is 10.9 Å². The number of hydrogen-bond acceptors (Lipinski definition) is 4. The van der Waals surface area contributed by atoms with Gasteiger partial charge in [0.05, 0.1) is 23.3 Å². The van der Waals surface area contributed by atoms with E-state index in [0.717, 1.165) is 48.0 Å². The van der Waals surface area contributed by atoms with Gasteiger partial charge in [0.2, 0.25) is 0 Å². The van der Waals surface area contributed by atoms with Crippen molar-refractivity contribution in [3.8, 4) is 0 Å². The van der Waals surface area contributed by atoms with Crippen molar-refractivity contribution < 1.29 is 13.2 Å². The van der Waals surface area contributed by atoms with E-state index in [1.54, 1.807) is 6.20 Å². The zero-order valence-corrected chi connectivity index (χ0v) is 15.9. The van der Waals surface area contributed by atoms with Crippen LogP contribution in [0.5, 0.6) is 0 Å². The van der Waals surface area contributed by atoms with Gasteiger partial charge in [-0.15, -0.1) is 0 Å². The summed E-state index contributed by atoms with van der Waals surface area (Å²) >= 11 is 0. The van der Waals surface area contributed by atoms with Gasteiger partial charge in [-0.25, -0.2) is 0 Å². The summed E-state index contributed by atoms with van der Waals surface area (Å²) in [5, 5.41) is 4.58. The van der Waals surface area contributed by atoms with Crippen LogP contribution in [0.2, 0.25) is 0 Å². The van der Waals surface area contributed by atoms with Gasteiger partial charge in [-0.3, -0.25) is 4.98 Å². The number of rotatable bonds is 3. The Morgan fingerprint density at radius 3 is 2.39 bits per heavy atom. The molecule has 0 bridgehead atoms. The molecule has 0 spiro atoms. The maximum Gasteiger partial charge on any atom is 0.391 e. The maximum atomic E-state index is 12.9. The first-order chi connectivity index (χ1) is 13.4. The third-order valence-corrected chi connectivity index (χ3v) is 6.14. The highest BCUT2D eigenvalue weighted by Crippen LogP contribution is 2.35. The van der Waals surface area contributed by atoms with Crippen LogP contribution in [0.1, 0.15) is 38.5 Å². The Balaban J connectivity index is 1.42. The van der Waals surface area contributed by atoms with Crippen molar-refractivity contribution in [2.75, 3.05) is 23.3 Å². The van der Waals surface area contributed by atoms with E-state index in [9.17, 15) is 13.2 Å². The molecule has 3 N–H and O–H groups in total. The third-order valence-electron chi connectivity index (χ3n) is 6.14. The van der Waals surface area contributed by atoms with Gasteiger partial charge in [-0.05, 0) is 56.7 Å². The standard InChI is InChI=1S/C21H27F3N4/c22-21(23,24)15-7-9-28(10-8-15)19-11-14-1-4-18(12-20(14)26-13-19)27-17-5-2-16(25)3-6-17/h1,4,11-13,15-17,27H,2-3,5-10,25H2. The number of nitrogens with two attached hydrogens (primary N) is 1. The van der Waals surface area contributed by atoms with Crippen LogP contribution in [0.3, 0.4) is 0 Å². The van der Waals surface area contributed by atoms with Crippen molar-refractivity contribution in [1.82, 2.24) is 4.98 Å². The number of anilines is 2. The van der Waals surface area contributed by atoms with Crippen LogP contribution < -0.4 is 16.0 Å². The van der Waals surface area contributed by atoms with Crippen LogP contribution in [0.15, 0.2) is 30.5 Å². The fourth-order valence-corrected chi connectivity index (χ4v) is 4.34. The van der Waals surface area contributed by atoms with Crippen LogP contribution in [-0.4, -0.2) is 36.3 Å². The lowest BCUT2D eigenvalue weighted by atomic mass is 9.91. The molecule has 0 amide bonds. The summed E-state index contributed by atoms with van der Waals surface area (Å²) < 4.78 is 38.6. The second kappa shape index (κ2) is 7.78. The molecule has 1 aromatic carbocycles. The molecular formula is C21H27F3N4. The molecule has 1 saturated heterocycles. The number of benzene rings is 1. The van der Waals surface area contributed by atoms with Crippen LogP contribution in [0, 0.1) is 5.92 Å². The molecule has 4 nitrogen and oxygen atoms in total. The van der Waals surface area contributed by atoms with Gasteiger partial charge < -0.3 is 16.0 Å². The molecule has 4 rings (SSSR count). The summed E-state index contributed by atoms with van der Waals surface area (Å²) in [6.07, 6.45) is 2.26. The predicted octanol–water partition coefficient (Wildman–Crippen LogP) is 4.70. The Kier molecular flexibility index (Phi) is 5.36. The minimum Gasteiger partial charge on any atom is -0.382 e. The second-order valence-corrected chi connectivity index (χ2v) is 8.16. The van der Waals surface area contributed by atoms with Gasteiger partial charge in [0.1, 0.15) is 0 Å². The smallest absolute Gasteiger partial charge is 0.382 e. The number of nitrogens with one attached hydrogen (secondary N) is 1. The number of fused-ring (bicyclic) bond motifs is 1. The molecule has 0 radical (unpaired) electrons. The minimum atomic E-state index is -4.08. The molecule has 28 heavy (non-hydrogen) atoms. The number of pyridine rings is 1. The van der Waals surface area contributed by atoms with Crippen LogP contribution in [0.4, 0.5) is 24.5 Å². The molecular weight excluding hydrogens is 365 g/mol. The lowest BCUT2D eigenvalue weighted by molar-refractivity contribution is -0.179. The Morgan fingerprint density at radius 1 is 1.00 bits per heavy atom. The van der Waals surface area contributed by atoms with Gasteiger partial charge in [-0.2, -0.15) is 13.2 Å². The van der Waals surface area contributed by atoms with Gasteiger partial charge in [0.25, 0.3) is 0 Å². The summed E-state index contributed by atoms with van der Waals surface area (Å²) in [6, 6.07) is 8.94. The molecule has 1 aromatic heterocycles. The van der Waals surface area contributed by atoms with E-state index < -0.39 is 12.1 Å². The number of hydrogen-bond donors (Lipinski definition) is 2. The molecule has 1 saturated carbocycles. The molecule has 2 aliphatic rings. The Labute approximate surface area is 163 Å². The Hall–Kier alpha value is -2.02. The monoisotopic (exact) mass is 392 g/mol. The Morgan fingerprint density at radius 2 is 1.71 bits per heavy atom. The zero-order valence-electron chi connectivity index (χ0n) is 15.9. The van der Waals surface area contributed by atoms with Gasteiger partial charge in [0.15, 0.2) is 0 Å². The molecule has 2 aromatic rings. The van der Waals surface area contributed by atoms with Crippen LogP contribution >= 0.6 is 0 Å². The van der Waals surface area contributed by atoms with E-state index in [1.807, 2.05) is 23.1 Å². The number of halogens is 3. The van der Waals surface area contributed by atoms with Crippen molar-refractivity contribution in [3.05, 3.63) is 30.5 Å². The first kappa shape index (κ1) is 19.3. The topological polar surface area (TPSA) is 54.2 Å². The summed E-state index contributed by atoms with van der Waals surface area (Å²) in [4.78, 5) is 6.57. The molecule has 2 fully saturated rings. The molecule has 0 unspecified atom stereocenters. The maximum absolute atomic E-state index is 12.9. The highest BCUT2D eigenvalue weighted by molar-refractivity contribution is 5.84. The quantitative estimate of drug-likeness (QED) is 0.795. The lowest BCUT2D eigenvalue weighted by Gasteiger charge is -2.34. The van der Waals surface area contributed by atoms with Crippen molar-refractivity contribution in [1.29, 1.82) is 0 Å². The Bertz CT molecular complexity index is 807. The number of alkyl halides is 3. The molecule has 1 aliphatic carbocycles. The summed E-state index contributed by atoms with van der Waals surface area (Å²) in [6.45, 7) is 0.835. The van der Waals surface area contributed by atoms with E-state index >= 15 is 0 Å². The fraction of sp³-hybridized carbons (Fsp3) is 0.571. The number of nitrogens with zero attached hydrogens (tertiary/aromatic N) is 2. The minimum absolute atomic E-state index is 0.148. The average Bonchev–Trinajstić information content (AvgIpc) is 2.69. The van der Waals surface area contributed by atoms with Gasteiger partial charge >= 0.3 is 6.18 Å². The van der Waals surface area contributed by atoms with Gasteiger partial charge in [-0.1, -0.05) is 6.07 Å². The summed E-state index contributed by atoms with van der Waals surface area (Å²) in [5.74, 6) is -1.18. The first-order valence-electron chi connectivity index (χ1n) is 10.1. The highest BCUT2D eigenvalue weighted by Gasteiger charge is 2.41. The van der Waals surface area contributed by atoms with Gasteiger partial charge in [0, 0.05) is 36.2 Å². The van der Waals surface area contributed by atoms with E-state index in [4.69, 9.17) is 5.73 Å². The molecule has 7 heteroatoms. The highest BCUT2D eigenvalue weighted by atomic mass is 19.4. The van der Waals surface area contributed by atoms with E-state index in [2.05, 4.69) is 16.4 Å². The van der Waals surface area contributed by atoms with Crippen molar-refractivity contribution >= 4 is 22.3 Å². The summed E-state index contributed by atoms with van der Waals surface area (Å²) in [7, 11) is 0. The average molecular weight is 392 g/mol. The summed E-state index contributed by atoms with van der Waals surface area (Å²) in [5.41, 5.74) is 8.82. The molecule has 2 heterocycles. The normalized spacial score (nSPS) is 24.5. The predicted molar refractivity (Wildman–Crippen MR) is 107 cm³/mol. The first-order valence-corrected chi connectivity index (χ1v) is 10.1. The lowest BCUT2D eigenvalue weighted by Crippen LogP contribution is -2.39. The number of piperidine rings is 1. The zero-order chi connectivity index (χ0) is 19.7. The van der Waals surface area contributed by atoms with E-state index in [0.29, 0.717) is 25.2 Å². The van der Waals surface area contributed by atoms with Crippen LogP contribution in [-0.2, 0) is 0 Å². The second-order valence-electron chi connectivity index (χ2n) is 8.16. The molecule has 152 valence electrons. The largest absolute Gasteiger partial charge is 0.391 e. The fourth-order valence-electron chi connectivity index (χ4n) is 4.34. The van der Waals surface area contributed by atoms with E-state index in [-0.39, 0.29) is 12.8 Å². The third kappa shape index (κ3) is 4.35. The van der Waals surface area contributed by atoms with Crippen molar-refractivity contribution in [2.45, 2.75) is 56.8 Å². The SMILES string of the molecule is NC1CCC(Nc2ccc3cc(N4CCC(C(F)(F)F)CC4)cnc3c2)CC1. The molecule has 1 aliphatic heterocycles. The van der Waals surface area contributed by atoms with E-state index in [1.165, 1.54) is 0 Å². The van der Waals surface area contributed by atoms with Crippen molar-refractivity contribution in [2.24, 2.45) is 11.7 Å². The number of aromatic nitrogens is 1. The van der Waals surface area contributed by atoms with Crippen molar-refractivity contribution in [3.63, 3.8) is 0 Å². The molecule has 0 atom stereocenters.